The van der Waals surface area contributed by atoms with Gasteiger partial charge in [0.05, 0.1) is 24.3 Å². The smallest absolute Gasteiger partial charge is 0.264 e. The Bertz CT molecular complexity index is 1180. The molecule has 0 heterocycles. The second kappa shape index (κ2) is 10.9. The highest BCUT2D eigenvalue weighted by molar-refractivity contribution is 7.92. The minimum absolute atomic E-state index is 0.0940. The van der Waals surface area contributed by atoms with Crippen LogP contribution in [0, 0.1) is 0 Å². The van der Waals surface area contributed by atoms with Crippen LogP contribution >= 0.6 is 0 Å². The van der Waals surface area contributed by atoms with Crippen molar-refractivity contribution in [2.24, 2.45) is 0 Å². The van der Waals surface area contributed by atoms with Gasteiger partial charge in [0.1, 0.15) is 18.0 Å². The predicted molar refractivity (Wildman–Crippen MR) is 128 cm³/mol. The van der Waals surface area contributed by atoms with Crippen molar-refractivity contribution in [3.63, 3.8) is 0 Å². The molecule has 0 aliphatic carbocycles. The molecular formula is C25H28N2O5S. The third-order valence-corrected chi connectivity index (χ3v) is 6.84. The topological polar surface area (TPSA) is 76.2 Å². The molecule has 0 spiro atoms. The summed E-state index contributed by atoms with van der Waals surface area (Å²) in [5.41, 5.74) is 1.13. The molecule has 7 nitrogen and oxygen atoms in total. The number of likely N-dealkylation sites (N-methyl/N-ethyl adjacent to an activating group) is 1. The van der Waals surface area contributed by atoms with Crippen LogP contribution in [-0.4, -0.2) is 46.5 Å². The predicted octanol–water partition coefficient (Wildman–Crippen LogP) is 3.95. The number of hydrogen-bond acceptors (Lipinski definition) is 5. The molecule has 174 valence electrons. The van der Waals surface area contributed by atoms with Crippen LogP contribution in [0.3, 0.4) is 0 Å². The number of methoxy groups -OCH3 is 1. The highest BCUT2D eigenvalue weighted by atomic mass is 32.2. The summed E-state index contributed by atoms with van der Waals surface area (Å²) in [6.07, 6.45) is 0. The van der Waals surface area contributed by atoms with Crippen LogP contribution in [0.25, 0.3) is 0 Å². The number of para-hydroxylation sites is 3. The summed E-state index contributed by atoms with van der Waals surface area (Å²) in [6.45, 7) is 2.07. The number of ether oxygens (including phenoxy) is 2. The molecule has 3 rings (SSSR count). The summed E-state index contributed by atoms with van der Waals surface area (Å²) in [5.74, 6) is 0.680. The fourth-order valence-electron chi connectivity index (χ4n) is 3.38. The summed E-state index contributed by atoms with van der Waals surface area (Å²) in [5, 5.41) is 0. The number of benzene rings is 3. The lowest BCUT2D eigenvalue weighted by Crippen LogP contribution is -2.41. The third-order valence-electron chi connectivity index (χ3n) is 5.07. The molecule has 33 heavy (non-hydrogen) atoms. The summed E-state index contributed by atoms with van der Waals surface area (Å²) in [4.78, 5) is 14.8. The maximum atomic E-state index is 13.6. The number of carbonyl (C=O) groups is 1. The van der Waals surface area contributed by atoms with Crippen LogP contribution in [0.4, 0.5) is 5.69 Å². The first-order chi connectivity index (χ1) is 15.9. The maximum Gasteiger partial charge on any atom is 0.264 e. The van der Waals surface area contributed by atoms with Crippen LogP contribution in [0.1, 0.15) is 12.5 Å². The van der Waals surface area contributed by atoms with Crippen molar-refractivity contribution in [2.75, 3.05) is 31.6 Å². The van der Waals surface area contributed by atoms with Crippen molar-refractivity contribution in [1.82, 2.24) is 4.90 Å². The molecule has 0 radical (unpaired) electrons. The highest BCUT2D eigenvalue weighted by Gasteiger charge is 2.30. The zero-order chi connectivity index (χ0) is 23.8. The second-order valence-electron chi connectivity index (χ2n) is 7.29. The van der Waals surface area contributed by atoms with Gasteiger partial charge in [-0.25, -0.2) is 8.42 Å². The lowest BCUT2D eigenvalue weighted by Gasteiger charge is -2.28. The molecule has 0 unspecified atom stereocenters. The van der Waals surface area contributed by atoms with Crippen molar-refractivity contribution in [2.45, 2.75) is 18.4 Å². The standard InChI is InChI=1S/C25H28N2O5S/c1-4-32-24-17-11-9-15-22(24)27(33(29,30)21-13-6-5-7-14-21)19-25(28)26(2)18-20-12-8-10-16-23(20)31-3/h5-17H,4,18-19H2,1-3H3. The number of sulfonamides is 1. The summed E-state index contributed by atoms with van der Waals surface area (Å²) < 4.78 is 39.3. The van der Waals surface area contributed by atoms with E-state index in [-0.39, 0.29) is 23.9 Å². The molecule has 0 aromatic heterocycles. The molecule has 8 heteroatoms. The van der Waals surface area contributed by atoms with E-state index in [0.717, 1.165) is 9.87 Å². The highest BCUT2D eigenvalue weighted by Crippen LogP contribution is 2.32. The Hall–Kier alpha value is -3.52. The van der Waals surface area contributed by atoms with Gasteiger partial charge in [0, 0.05) is 19.2 Å². The van der Waals surface area contributed by atoms with Gasteiger partial charge in [-0.3, -0.25) is 9.10 Å². The monoisotopic (exact) mass is 468 g/mol. The van der Waals surface area contributed by atoms with Crippen molar-refractivity contribution in [3.8, 4) is 11.5 Å². The molecule has 3 aromatic rings. The summed E-state index contributed by atoms with van der Waals surface area (Å²) >= 11 is 0. The van der Waals surface area contributed by atoms with E-state index in [1.165, 1.54) is 17.0 Å². The van der Waals surface area contributed by atoms with Gasteiger partial charge in [0.2, 0.25) is 5.91 Å². The van der Waals surface area contributed by atoms with Crippen molar-refractivity contribution >= 4 is 21.6 Å². The van der Waals surface area contributed by atoms with Gasteiger partial charge in [-0.05, 0) is 37.3 Å². The number of hydrogen-bond donors (Lipinski definition) is 0. The average molecular weight is 469 g/mol. The summed E-state index contributed by atoms with van der Waals surface area (Å²) in [6, 6.07) is 22.3. The molecule has 0 N–H and O–H groups in total. The van der Waals surface area contributed by atoms with Crippen LogP contribution in [0.2, 0.25) is 0 Å². The van der Waals surface area contributed by atoms with Crippen LogP contribution in [0.5, 0.6) is 11.5 Å². The van der Waals surface area contributed by atoms with Crippen LogP contribution in [-0.2, 0) is 21.4 Å². The number of carbonyl (C=O) groups excluding carboxylic acids is 1. The molecule has 1 amide bonds. The number of nitrogens with zero attached hydrogens (tertiary/aromatic N) is 2. The quantitative estimate of drug-likeness (QED) is 0.450. The Labute approximate surface area is 195 Å². The van der Waals surface area contributed by atoms with E-state index in [1.54, 1.807) is 56.6 Å². The van der Waals surface area contributed by atoms with E-state index < -0.39 is 10.0 Å². The van der Waals surface area contributed by atoms with E-state index in [0.29, 0.717) is 23.8 Å². The molecule has 0 aliphatic heterocycles. The first-order valence-corrected chi connectivity index (χ1v) is 12.0. The SMILES string of the molecule is CCOc1ccccc1N(CC(=O)N(C)Cc1ccccc1OC)S(=O)(=O)c1ccccc1. The van der Waals surface area contributed by atoms with Gasteiger partial charge in [0.15, 0.2) is 0 Å². The minimum Gasteiger partial charge on any atom is -0.496 e. The molecular weight excluding hydrogens is 440 g/mol. The van der Waals surface area contributed by atoms with Crippen LogP contribution in [0.15, 0.2) is 83.8 Å². The molecule has 3 aromatic carbocycles. The number of amides is 1. The van der Waals surface area contributed by atoms with E-state index in [1.807, 2.05) is 31.2 Å². The van der Waals surface area contributed by atoms with Gasteiger partial charge in [-0.2, -0.15) is 0 Å². The van der Waals surface area contributed by atoms with E-state index in [9.17, 15) is 13.2 Å². The zero-order valence-electron chi connectivity index (χ0n) is 19.0. The summed E-state index contributed by atoms with van der Waals surface area (Å²) in [7, 11) is -0.824. The Morgan fingerprint density at radius 3 is 2.15 bits per heavy atom. The second-order valence-corrected chi connectivity index (χ2v) is 9.15. The molecule has 0 saturated heterocycles. The normalized spacial score (nSPS) is 11.0. The third kappa shape index (κ3) is 5.64. The number of anilines is 1. The Morgan fingerprint density at radius 2 is 1.48 bits per heavy atom. The Morgan fingerprint density at radius 1 is 0.879 bits per heavy atom. The first-order valence-electron chi connectivity index (χ1n) is 10.5. The van der Waals surface area contributed by atoms with Crippen molar-refractivity contribution < 1.29 is 22.7 Å². The van der Waals surface area contributed by atoms with Gasteiger partial charge in [0.25, 0.3) is 10.0 Å². The molecule has 0 fully saturated rings. The Kier molecular flexibility index (Phi) is 7.95. The molecule has 0 bridgehead atoms. The minimum atomic E-state index is -4.03. The van der Waals surface area contributed by atoms with Gasteiger partial charge >= 0.3 is 0 Å². The lowest BCUT2D eigenvalue weighted by atomic mass is 10.2. The van der Waals surface area contributed by atoms with E-state index in [2.05, 4.69) is 0 Å². The van der Waals surface area contributed by atoms with Gasteiger partial charge in [-0.1, -0.05) is 48.5 Å². The maximum absolute atomic E-state index is 13.6. The molecule has 0 atom stereocenters. The van der Waals surface area contributed by atoms with Gasteiger partial charge in [-0.15, -0.1) is 0 Å². The van der Waals surface area contributed by atoms with E-state index in [4.69, 9.17) is 9.47 Å². The zero-order valence-corrected chi connectivity index (χ0v) is 19.8. The van der Waals surface area contributed by atoms with Crippen molar-refractivity contribution in [3.05, 3.63) is 84.4 Å². The van der Waals surface area contributed by atoms with Crippen LogP contribution < -0.4 is 13.8 Å². The fraction of sp³-hybridized carbons (Fsp3) is 0.240. The lowest BCUT2D eigenvalue weighted by molar-refractivity contribution is -0.128. The number of rotatable bonds is 10. The van der Waals surface area contributed by atoms with Crippen molar-refractivity contribution in [1.29, 1.82) is 0 Å². The Balaban J connectivity index is 1.96. The molecule has 0 saturated carbocycles. The first kappa shape index (κ1) is 24.1. The van der Waals surface area contributed by atoms with E-state index >= 15 is 0 Å². The van der Waals surface area contributed by atoms with Gasteiger partial charge < -0.3 is 14.4 Å². The average Bonchev–Trinajstić information content (AvgIpc) is 2.84. The molecule has 0 aliphatic rings. The fourth-order valence-corrected chi connectivity index (χ4v) is 4.83. The largest absolute Gasteiger partial charge is 0.496 e.